The zero-order valence-corrected chi connectivity index (χ0v) is 16.0. The fourth-order valence-corrected chi connectivity index (χ4v) is 2.81. The predicted molar refractivity (Wildman–Crippen MR) is 105 cm³/mol. The number of rotatable bonds is 3. The number of carbonyl (C=O) groups excluding carboxylic acids is 1. The molecule has 0 aliphatic heterocycles. The lowest BCUT2D eigenvalue weighted by molar-refractivity contribution is 0.0977. The van der Waals surface area contributed by atoms with Crippen LogP contribution in [0.1, 0.15) is 21.5 Å². The SMILES string of the molecule is COc1ccc(C(=O)NC(=S)Nc2cc(C)c(I)cc2C)cc1. The molecule has 2 N–H and O–H groups in total. The molecule has 4 nitrogen and oxygen atoms in total. The van der Waals surface area contributed by atoms with Crippen LogP contribution in [0.25, 0.3) is 0 Å². The van der Waals surface area contributed by atoms with E-state index >= 15 is 0 Å². The molecule has 0 saturated heterocycles. The summed E-state index contributed by atoms with van der Waals surface area (Å²) in [7, 11) is 1.58. The maximum atomic E-state index is 12.2. The molecule has 0 aliphatic rings. The monoisotopic (exact) mass is 440 g/mol. The molecular formula is C17H17IN2O2S. The van der Waals surface area contributed by atoms with Crippen LogP contribution in [0.15, 0.2) is 36.4 Å². The van der Waals surface area contributed by atoms with Gasteiger partial charge < -0.3 is 10.1 Å². The number of benzene rings is 2. The molecule has 2 aromatic carbocycles. The van der Waals surface area contributed by atoms with Crippen molar-refractivity contribution < 1.29 is 9.53 Å². The number of thiocarbonyl (C=S) groups is 1. The van der Waals surface area contributed by atoms with Crippen molar-refractivity contribution in [2.24, 2.45) is 0 Å². The summed E-state index contributed by atoms with van der Waals surface area (Å²) in [5.41, 5.74) is 3.64. The van der Waals surface area contributed by atoms with Gasteiger partial charge in [0.05, 0.1) is 7.11 Å². The van der Waals surface area contributed by atoms with Crippen LogP contribution in [0.5, 0.6) is 5.75 Å². The topological polar surface area (TPSA) is 50.4 Å². The van der Waals surface area contributed by atoms with Crippen molar-refractivity contribution in [1.29, 1.82) is 0 Å². The molecule has 0 unspecified atom stereocenters. The van der Waals surface area contributed by atoms with Crippen molar-refractivity contribution in [2.75, 3.05) is 12.4 Å². The molecule has 1 amide bonds. The van der Waals surface area contributed by atoms with E-state index in [0.717, 1.165) is 16.8 Å². The fourth-order valence-electron chi connectivity index (χ4n) is 1.99. The molecule has 0 aliphatic carbocycles. The number of carbonyl (C=O) groups is 1. The standard InChI is InChI=1S/C17H17IN2O2S/c1-10-9-15(11(2)8-14(10)18)19-17(23)20-16(21)12-4-6-13(22-3)7-5-12/h4-9H,1-3H3,(H2,19,20,21,23). The van der Waals surface area contributed by atoms with Crippen LogP contribution in [-0.2, 0) is 0 Å². The van der Waals surface area contributed by atoms with Gasteiger partial charge >= 0.3 is 0 Å². The number of halogens is 1. The first-order chi connectivity index (χ1) is 10.9. The van der Waals surface area contributed by atoms with Crippen molar-refractivity contribution in [3.63, 3.8) is 0 Å². The predicted octanol–water partition coefficient (Wildman–Crippen LogP) is 4.04. The van der Waals surface area contributed by atoms with E-state index in [4.69, 9.17) is 17.0 Å². The lowest BCUT2D eigenvalue weighted by atomic mass is 10.1. The van der Waals surface area contributed by atoms with Crippen molar-refractivity contribution in [3.05, 3.63) is 56.7 Å². The molecule has 0 saturated carbocycles. The number of nitrogens with one attached hydrogen (secondary N) is 2. The summed E-state index contributed by atoms with van der Waals surface area (Å²) in [5.74, 6) is 0.442. The summed E-state index contributed by atoms with van der Waals surface area (Å²) in [6.45, 7) is 4.03. The Balaban J connectivity index is 2.04. The van der Waals surface area contributed by atoms with E-state index in [2.05, 4.69) is 39.3 Å². The van der Waals surface area contributed by atoms with E-state index in [-0.39, 0.29) is 11.0 Å². The van der Waals surface area contributed by atoms with Crippen molar-refractivity contribution in [3.8, 4) is 5.75 Å². The number of ether oxygens (including phenoxy) is 1. The molecular weight excluding hydrogens is 423 g/mol. The molecule has 0 heterocycles. The molecule has 0 bridgehead atoms. The smallest absolute Gasteiger partial charge is 0.257 e. The van der Waals surface area contributed by atoms with Crippen molar-refractivity contribution in [1.82, 2.24) is 5.32 Å². The Kier molecular flexibility index (Phi) is 5.95. The molecule has 0 atom stereocenters. The van der Waals surface area contributed by atoms with Crippen LogP contribution in [-0.4, -0.2) is 18.1 Å². The van der Waals surface area contributed by atoms with Gasteiger partial charge in [0.15, 0.2) is 5.11 Å². The average molecular weight is 440 g/mol. The van der Waals surface area contributed by atoms with Gasteiger partial charge in [0.2, 0.25) is 0 Å². The third-order valence-corrected chi connectivity index (χ3v) is 4.70. The van der Waals surface area contributed by atoms with Gasteiger partial charge in [-0.15, -0.1) is 0 Å². The fraction of sp³-hybridized carbons (Fsp3) is 0.176. The quantitative estimate of drug-likeness (QED) is 0.559. The molecule has 2 rings (SSSR count). The van der Waals surface area contributed by atoms with Crippen LogP contribution in [0.3, 0.4) is 0 Å². The van der Waals surface area contributed by atoms with E-state index in [9.17, 15) is 4.79 Å². The van der Waals surface area contributed by atoms with Gasteiger partial charge in [-0.3, -0.25) is 10.1 Å². The minimum Gasteiger partial charge on any atom is -0.497 e. The molecule has 120 valence electrons. The summed E-state index contributed by atoms with van der Waals surface area (Å²) < 4.78 is 6.27. The second-order valence-corrected chi connectivity index (χ2v) is 6.62. The van der Waals surface area contributed by atoms with Crippen molar-refractivity contribution >= 4 is 51.5 Å². The number of hydrogen-bond donors (Lipinski definition) is 2. The van der Waals surface area contributed by atoms with Crippen LogP contribution in [0.4, 0.5) is 5.69 Å². The highest BCUT2D eigenvalue weighted by Gasteiger charge is 2.10. The zero-order chi connectivity index (χ0) is 17.0. The molecule has 0 aromatic heterocycles. The highest BCUT2D eigenvalue weighted by Crippen LogP contribution is 2.21. The van der Waals surface area contributed by atoms with Crippen LogP contribution in [0, 0.1) is 17.4 Å². The first-order valence-electron chi connectivity index (χ1n) is 6.94. The van der Waals surface area contributed by atoms with Crippen LogP contribution < -0.4 is 15.4 Å². The minimum absolute atomic E-state index is 0.259. The van der Waals surface area contributed by atoms with E-state index in [0.29, 0.717) is 11.3 Å². The van der Waals surface area contributed by atoms with Gasteiger partial charge in [-0.2, -0.15) is 0 Å². The lowest BCUT2D eigenvalue weighted by Crippen LogP contribution is -2.34. The number of anilines is 1. The Bertz CT molecular complexity index is 745. The molecule has 23 heavy (non-hydrogen) atoms. The van der Waals surface area contributed by atoms with E-state index in [1.165, 1.54) is 3.57 Å². The zero-order valence-electron chi connectivity index (χ0n) is 13.1. The number of amides is 1. The maximum Gasteiger partial charge on any atom is 0.257 e. The normalized spacial score (nSPS) is 10.1. The number of methoxy groups -OCH3 is 1. The Morgan fingerprint density at radius 1 is 1.13 bits per heavy atom. The summed E-state index contributed by atoms with van der Waals surface area (Å²) in [5, 5.41) is 6.03. The second kappa shape index (κ2) is 7.74. The number of hydrogen-bond acceptors (Lipinski definition) is 3. The van der Waals surface area contributed by atoms with Gasteiger partial charge in [-0.25, -0.2) is 0 Å². The van der Waals surface area contributed by atoms with E-state index in [1.54, 1.807) is 31.4 Å². The molecule has 0 fully saturated rings. The summed E-state index contributed by atoms with van der Waals surface area (Å²) in [4.78, 5) is 12.2. The highest BCUT2D eigenvalue weighted by atomic mass is 127. The lowest BCUT2D eigenvalue weighted by Gasteiger charge is -2.13. The first kappa shape index (κ1) is 17.7. The Morgan fingerprint density at radius 2 is 1.78 bits per heavy atom. The Morgan fingerprint density at radius 3 is 2.39 bits per heavy atom. The van der Waals surface area contributed by atoms with Crippen LogP contribution in [0.2, 0.25) is 0 Å². The van der Waals surface area contributed by atoms with Gasteiger partial charge in [0.1, 0.15) is 5.75 Å². The molecule has 2 aromatic rings. The van der Waals surface area contributed by atoms with Crippen LogP contribution >= 0.6 is 34.8 Å². The third kappa shape index (κ3) is 4.65. The minimum atomic E-state index is -0.259. The molecule has 6 heteroatoms. The van der Waals surface area contributed by atoms with Gasteiger partial charge in [0.25, 0.3) is 5.91 Å². The Labute approximate surface area is 154 Å². The first-order valence-corrected chi connectivity index (χ1v) is 8.42. The summed E-state index contributed by atoms with van der Waals surface area (Å²) in [6.07, 6.45) is 0. The van der Waals surface area contributed by atoms with E-state index in [1.807, 2.05) is 19.9 Å². The molecule has 0 radical (unpaired) electrons. The summed E-state index contributed by atoms with van der Waals surface area (Å²) >= 11 is 7.52. The van der Waals surface area contributed by atoms with Gasteiger partial charge in [-0.05, 0) is 96.2 Å². The highest BCUT2D eigenvalue weighted by molar-refractivity contribution is 14.1. The third-order valence-electron chi connectivity index (χ3n) is 3.33. The largest absolute Gasteiger partial charge is 0.497 e. The van der Waals surface area contributed by atoms with Gasteiger partial charge in [0, 0.05) is 14.8 Å². The average Bonchev–Trinajstić information content (AvgIpc) is 2.52. The Hall–Kier alpha value is -1.67. The summed E-state index contributed by atoms with van der Waals surface area (Å²) in [6, 6.07) is 10.9. The van der Waals surface area contributed by atoms with Crippen molar-refractivity contribution in [2.45, 2.75) is 13.8 Å². The van der Waals surface area contributed by atoms with E-state index < -0.39 is 0 Å². The maximum absolute atomic E-state index is 12.2. The van der Waals surface area contributed by atoms with Gasteiger partial charge in [-0.1, -0.05) is 0 Å². The second-order valence-electron chi connectivity index (χ2n) is 5.05. The number of aryl methyl sites for hydroxylation is 2. The molecule has 0 spiro atoms.